The molecule has 1 unspecified atom stereocenters. The Balaban J connectivity index is 2.05. The molecule has 1 atom stereocenters. The molecular weight excluding hydrogens is 398 g/mol. The summed E-state index contributed by atoms with van der Waals surface area (Å²) in [6, 6.07) is 12.5. The molecule has 3 N–H and O–H groups in total. The molecule has 2 rings (SSSR count). The van der Waals surface area contributed by atoms with Crippen molar-refractivity contribution >= 4 is 39.4 Å². The maximum absolute atomic E-state index is 12.3. The first-order valence-corrected chi connectivity index (χ1v) is 9.07. The number of hydrogen-bond acceptors (Lipinski definition) is 3. The SMILES string of the molecule is CCOC(=O)Nc1cccc(NC(=O)NC(C)c2ccccc2Br)c1C. The first kappa shape index (κ1) is 19.8. The number of carbonyl (C=O) groups is 2. The molecule has 0 radical (unpaired) electrons. The summed E-state index contributed by atoms with van der Waals surface area (Å²) >= 11 is 3.49. The third kappa shape index (κ3) is 5.23. The molecule has 138 valence electrons. The van der Waals surface area contributed by atoms with Gasteiger partial charge in [-0.2, -0.15) is 0 Å². The lowest BCUT2D eigenvalue weighted by Gasteiger charge is -2.18. The Morgan fingerprint density at radius 2 is 1.73 bits per heavy atom. The minimum absolute atomic E-state index is 0.174. The predicted molar refractivity (Wildman–Crippen MR) is 107 cm³/mol. The van der Waals surface area contributed by atoms with Gasteiger partial charge in [0.15, 0.2) is 0 Å². The van der Waals surface area contributed by atoms with Crippen LogP contribution in [0.3, 0.4) is 0 Å². The highest BCUT2D eigenvalue weighted by Gasteiger charge is 2.14. The van der Waals surface area contributed by atoms with Crippen LogP contribution in [-0.4, -0.2) is 18.7 Å². The molecule has 2 aromatic rings. The van der Waals surface area contributed by atoms with E-state index in [4.69, 9.17) is 4.74 Å². The molecule has 0 heterocycles. The van der Waals surface area contributed by atoms with E-state index >= 15 is 0 Å². The first-order valence-electron chi connectivity index (χ1n) is 8.27. The number of hydrogen-bond donors (Lipinski definition) is 3. The van der Waals surface area contributed by atoms with Crippen LogP contribution < -0.4 is 16.0 Å². The van der Waals surface area contributed by atoms with Gasteiger partial charge in [0.2, 0.25) is 0 Å². The maximum Gasteiger partial charge on any atom is 0.411 e. The van der Waals surface area contributed by atoms with E-state index in [0.717, 1.165) is 15.6 Å². The van der Waals surface area contributed by atoms with Crippen molar-refractivity contribution in [2.75, 3.05) is 17.2 Å². The number of amides is 3. The van der Waals surface area contributed by atoms with E-state index < -0.39 is 6.09 Å². The number of rotatable bonds is 5. The van der Waals surface area contributed by atoms with E-state index in [1.54, 1.807) is 25.1 Å². The molecule has 7 heteroatoms. The third-order valence-electron chi connectivity index (χ3n) is 3.81. The summed E-state index contributed by atoms with van der Waals surface area (Å²) in [5.41, 5.74) is 2.91. The molecule has 0 saturated heterocycles. The van der Waals surface area contributed by atoms with Crippen molar-refractivity contribution in [3.63, 3.8) is 0 Å². The molecule has 26 heavy (non-hydrogen) atoms. The second kappa shape index (κ2) is 9.24. The average molecular weight is 420 g/mol. The Hall–Kier alpha value is -2.54. The van der Waals surface area contributed by atoms with Gasteiger partial charge in [-0.1, -0.05) is 40.2 Å². The van der Waals surface area contributed by atoms with Crippen LogP contribution in [0, 0.1) is 6.92 Å². The van der Waals surface area contributed by atoms with Crippen LogP contribution in [0.5, 0.6) is 0 Å². The molecule has 0 aliphatic heterocycles. The largest absolute Gasteiger partial charge is 0.450 e. The monoisotopic (exact) mass is 419 g/mol. The minimum atomic E-state index is -0.528. The molecule has 6 nitrogen and oxygen atoms in total. The quantitative estimate of drug-likeness (QED) is 0.622. The van der Waals surface area contributed by atoms with Crippen LogP contribution in [0.2, 0.25) is 0 Å². The van der Waals surface area contributed by atoms with Crippen LogP contribution in [0.15, 0.2) is 46.9 Å². The van der Waals surface area contributed by atoms with Crippen LogP contribution >= 0.6 is 15.9 Å². The Morgan fingerprint density at radius 3 is 2.38 bits per heavy atom. The van der Waals surface area contributed by atoms with Gasteiger partial charge < -0.3 is 15.4 Å². The van der Waals surface area contributed by atoms with Crippen molar-refractivity contribution in [2.45, 2.75) is 26.8 Å². The summed E-state index contributed by atoms with van der Waals surface area (Å²) in [5.74, 6) is 0. The van der Waals surface area contributed by atoms with E-state index in [-0.39, 0.29) is 18.7 Å². The fraction of sp³-hybridized carbons (Fsp3) is 0.263. The number of ether oxygens (including phenoxy) is 1. The van der Waals surface area contributed by atoms with Gasteiger partial charge in [-0.05, 0) is 50.1 Å². The van der Waals surface area contributed by atoms with Crippen LogP contribution in [0.4, 0.5) is 21.0 Å². The Bertz CT molecular complexity index is 795. The van der Waals surface area contributed by atoms with Crippen molar-refractivity contribution < 1.29 is 14.3 Å². The summed E-state index contributed by atoms with van der Waals surface area (Å²) < 4.78 is 5.82. The van der Waals surface area contributed by atoms with Crippen LogP contribution in [0.1, 0.15) is 31.0 Å². The molecule has 0 aromatic heterocycles. The van der Waals surface area contributed by atoms with Gasteiger partial charge in [-0.15, -0.1) is 0 Å². The molecule has 3 amide bonds. The molecule has 0 aliphatic carbocycles. The van der Waals surface area contributed by atoms with Crippen molar-refractivity contribution in [3.8, 4) is 0 Å². The Kier molecular flexibility index (Phi) is 7.03. The lowest BCUT2D eigenvalue weighted by molar-refractivity contribution is 0.168. The number of anilines is 2. The number of nitrogens with one attached hydrogen (secondary N) is 3. The highest BCUT2D eigenvalue weighted by Crippen LogP contribution is 2.25. The molecule has 0 saturated carbocycles. The van der Waals surface area contributed by atoms with E-state index in [2.05, 4.69) is 31.9 Å². The summed E-state index contributed by atoms with van der Waals surface area (Å²) in [5, 5.41) is 8.38. The van der Waals surface area contributed by atoms with Gasteiger partial charge in [-0.25, -0.2) is 9.59 Å². The van der Waals surface area contributed by atoms with Crippen LogP contribution in [0.25, 0.3) is 0 Å². The topological polar surface area (TPSA) is 79.5 Å². The van der Waals surface area contributed by atoms with Crippen molar-refractivity contribution in [3.05, 3.63) is 58.1 Å². The molecule has 0 bridgehead atoms. The average Bonchev–Trinajstić information content (AvgIpc) is 2.59. The Morgan fingerprint density at radius 1 is 1.08 bits per heavy atom. The van der Waals surface area contributed by atoms with Crippen LogP contribution in [-0.2, 0) is 4.74 Å². The second-order valence-electron chi connectivity index (χ2n) is 5.67. The van der Waals surface area contributed by atoms with Gasteiger partial charge in [-0.3, -0.25) is 5.32 Å². The number of carbonyl (C=O) groups excluding carboxylic acids is 2. The highest BCUT2D eigenvalue weighted by atomic mass is 79.9. The van der Waals surface area contributed by atoms with E-state index in [1.807, 2.05) is 38.1 Å². The second-order valence-corrected chi connectivity index (χ2v) is 6.52. The van der Waals surface area contributed by atoms with E-state index in [0.29, 0.717) is 11.4 Å². The van der Waals surface area contributed by atoms with Gasteiger partial charge in [0, 0.05) is 15.8 Å². The summed E-state index contributed by atoms with van der Waals surface area (Å²) in [7, 11) is 0. The maximum atomic E-state index is 12.3. The molecule has 2 aromatic carbocycles. The third-order valence-corrected chi connectivity index (χ3v) is 4.54. The summed E-state index contributed by atoms with van der Waals surface area (Å²) in [4.78, 5) is 23.9. The number of urea groups is 1. The van der Waals surface area contributed by atoms with Gasteiger partial charge in [0.25, 0.3) is 0 Å². The molecule has 0 spiro atoms. The van der Waals surface area contributed by atoms with Crippen molar-refractivity contribution in [2.24, 2.45) is 0 Å². The van der Waals surface area contributed by atoms with Gasteiger partial charge in [0.1, 0.15) is 0 Å². The van der Waals surface area contributed by atoms with E-state index in [9.17, 15) is 9.59 Å². The predicted octanol–water partition coefficient (Wildman–Crippen LogP) is 5.21. The lowest BCUT2D eigenvalue weighted by atomic mass is 10.1. The highest BCUT2D eigenvalue weighted by molar-refractivity contribution is 9.10. The fourth-order valence-electron chi connectivity index (χ4n) is 2.44. The smallest absolute Gasteiger partial charge is 0.411 e. The van der Waals surface area contributed by atoms with E-state index in [1.165, 1.54) is 0 Å². The zero-order valence-corrected chi connectivity index (χ0v) is 16.5. The van der Waals surface area contributed by atoms with Gasteiger partial charge in [0.05, 0.1) is 12.6 Å². The zero-order chi connectivity index (χ0) is 19.1. The first-order chi connectivity index (χ1) is 12.4. The molecular formula is C19H22BrN3O3. The van der Waals surface area contributed by atoms with Gasteiger partial charge >= 0.3 is 12.1 Å². The molecule has 0 fully saturated rings. The number of benzene rings is 2. The summed E-state index contributed by atoms with van der Waals surface area (Å²) in [6.07, 6.45) is -0.528. The van der Waals surface area contributed by atoms with Crippen molar-refractivity contribution in [1.29, 1.82) is 0 Å². The molecule has 0 aliphatic rings. The minimum Gasteiger partial charge on any atom is -0.450 e. The standard InChI is InChI=1S/C19H22BrN3O3/c1-4-26-19(25)23-17-11-7-10-16(12(17)2)22-18(24)21-13(3)14-8-5-6-9-15(14)20/h5-11,13H,4H2,1-3H3,(H,23,25)(H2,21,22,24). The number of halogens is 1. The lowest BCUT2D eigenvalue weighted by Crippen LogP contribution is -2.31. The van der Waals surface area contributed by atoms with Crippen molar-refractivity contribution in [1.82, 2.24) is 5.32 Å². The fourth-order valence-corrected chi connectivity index (χ4v) is 3.07. The zero-order valence-electron chi connectivity index (χ0n) is 14.9. The summed E-state index contributed by atoms with van der Waals surface area (Å²) in [6.45, 7) is 5.75. The Labute approximate surface area is 161 Å². The normalized spacial score (nSPS) is 11.4.